The monoisotopic (exact) mass is 476 g/mol. The highest BCUT2D eigenvalue weighted by Gasteiger charge is 2.29. The van der Waals surface area contributed by atoms with Crippen LogP contribution < -0.4 is 21.9 Å². The molecule has 0 saturated heterocycles. The van der Waals surface area contributed by atoms with Crippen molar-refractivity contribution in [1.82, 2.24) is 9.55 Å². The number of nitrogens with one attached hydrogen (secondary N) is 1. The summed E-state index contributed by atoms with van der Waals surface area (Å²) in [5, 5.41) is -0.536. The second kappa shape index (κ2) is 10.3. The van der Waals surface area contributed by atoms with Crippen LogP contribution in [0.1, 0.15) is 18.2 Å². The van der Waals surface area contributed by atoms with Gasteiger partial charge in [0.1, 0.15) is 11.6 Å². The SMILES string of the molecule is CC(Sc1ccccc1)C(=O)N(Cc1ccco1)c1c(N)n(Cc2ccccc2)c(=O)[nH]c1=O. The van der Waals surface area contributed by atoms with Gasteiger partial charge in [0.05, 0.1) is 24.6 Å². The van der Waals surface area contributed by atoms with E-state index in [1.807, 2.05) is 60.7 Å². The van der Waals surface area contributed by atoms with E-state index in [-0.39, 0.29) is 30.5 Å². The summed E-state index contributed by atoms with van der Waals surface area (Å²) in [6, 6.07) is 22.2. The van der Waals surface area contributed by atoms with Crippen LogP contribution in [0.4, 0.5) is 11.5 Å². The summed E-state index contributed by atoms with van der Waals surface area (Å²) in [7, 11) is 0. The van der Waals surface area contributed by atoms with Crippen molar-refractivity contribution in [2.45, 2.75) is 30.2 Å². The van der Waals surface area contributed by atoms with Crippen molar-refractivity contribution in [3.63, 3.8) is 0 Å². The molecule has 34 heavy (non-hydrogen) atoms. The zero-order valence-electron chi connectivity index (χ0n) is 18.5. The number of rotatable bonds is 8. The fourth-order valence-electron chi connectivity index (χ4n) is 3.56. The Morgan fingerprint density at radius 1 is 1.06 bits per heavy atom. The number of furan rings is 1. The van der Waals surface area contributed by atoms with Gasteiger partial charge in [0.25, 0.3) is 5.56 Å². The number of carbonyl (C=O) groups is 1. The van der Waals surface area contributed by atoms with Crippen molar-refractivity contribution in [2.75, 3.05) is 10.6 Å². The molecule has 2 aromatic carbocycles. The van der Waals surface area contributed by atoms with Crippen LogP contribution in [0.2, 0.25) is 0 Å². The first-order valence-electron chi connectivity index (χ1n) is 10.7. The fraction of sp³-hybridized carbons (Fsp3) is 0.160. The lowest BCUT2D eigenvalue weighted by molar-refractivity contribution is -0.118. The van der Waals surface area contributed by atoms with Crippen LogP contribution in [0, 0.1) is 0 Å². The van der Waals surface area contributed by atoms with Crippen LogP contribution in [0.25, 0.3) is 0 Å². The van der Waals surface area contributed by atoms with Gasteiger partial charge in [-0.1, -0.05) is 48.5 Å². The highest BCUT2D eigenvalue weighted by molar-refractivity contribution is 8.00. The summed E-state index contributed by atoms with van der Waals surface area (Å²) in [5.41, 5.74) is 5.73. The molecule has 0 aliphatic rings. The molecule has 0 fully saturated rings. The first-order chi connectivity index (χ1) is 16.4. The van der Waals surface area contributed by atoms with Crippen LogP contribution in [0.15, 0.2) is 98.0 Å². The van der Waals surface area contributed by atoms with E-state index < -0.39 is 16.5 Å². The standard InChI is InChI=1S/C25H24N4O4S/c1-17(34-20-12-6-3-7-13-20)24(31)28(16-19-11-8-14-33-19)21-22(26)29(25(32)27-23(21)30)15-18-9-4-2-5-10-18/h2-14,17H,15-16,26H2,1H3,(H,27,30,32). The predicted molar refractivity (Wildman–Crippen MR) is 133 cm³/mol. The molecule has 9 heteroatoms. The summed E-state index contributed by atoms with van der Waals surface area (Å²) in [6.45, 7) is 1.90. The van der Waals surface area contributed by atoms with Crippen LogP contribution in [-0.2, 0) is 17.9 Å². The highest BCUT2D eigenvalue weighted by atomic mass is 32.2. The molecule has 0 bridgehead atoms. The molecule has 2 aromatic heterocycles. The minimum absolute atomic E-state index is 0.0116. The third-order valence-corrected chi connectivity index (χ3v) is 6.33. The third-order valence-electron chi connectivity index (χ3n) is 5.23. The number of benzene rings is 2. The van der Waals surface area contributed by atoms with E-state index >= 15 is 0 Å². The van der Waals surface area contributed by atoms with Crippen molar-refractivity contribution in [3.05, 3.63) is 111 Å². The van der Waals surface area contributed by atoms with Crippen molar-refractivity contribution >= 4 is 29.2 Å². The topological polar surface area (TPSA) is 114 Å². The van der Waals surface area contributed by atoms with Crippen molar-refractivity contribution in [3.8, 4) is 0 Å². The number of anilines is 2. The molecular weight excluding hydrogens is 452 g/mol. The Labute approximate surface area is 200 Å². The van der Waals surface area contributed by atoms with Crippen LogP contribution in [-0.4, -0.2) is 20.7 Å². The fourth-order valence-corrected chi connectivity index (χ4v) is 4.51. The zero-order chi connectivity index (χ0) is 24.1. The van der Waals surface area contributed by atoms with Gasteiger partial charge in [0.2, 0.25) is 5.91 Å². The molecule has 0 aliphatic heterocycles. The third kappa shape index (κ3) is 5.15. The molecular formula is C25H24N4O4S. The van der Waals surface area contributed by atoms with Crippen LogP contribution in [0.5, 0.6) is 0 Å². The minimum atomic E-state index is -0.733. The number of nitrogen functional groups attached to an aromatic ring is 1. The summed E-state index contributed by atoms with van der Waals surface area (Å²) in [4.78, 5) is 43.7. The molecule has 8 nitrogen and oxygen atoms in total. The number of aromatic nitrogens is 2. The predicted octanol–water partition coefficient (Wildman–Crippen LogP) is 3.47. The van der Waals surface area contributed by atoms with E-state index in [2.05, 4.69) is 4.98 Å². The van der Waals surface area contributed by atoms with E-state index in [0.717, 1.165) is 10.5 Å². The maximum atomic E-state index is 13.6. The Morgan fingerprint density at radius 2 is 1.74 bits per heavy atom. The van der Waals surface area contributed by atoms with Gasteiger partial charge in [-0.05, 0) is 36.8 Å². The molecule has 2 heterocycles. The van der Waals surface area contributed by atoms with Crippen molar-refractivity contribution < 1.29 is 9.21 Å². The molecule has 0 radical (unpaired) electrons. The maximum absolute atomic E-state index is 13.6. The molecule has 0 saturated carbocycles. The average Bonchev–Trinajstić information content (AvgIpc) is 3.35. The average molecular weight is 477 g/mol. The van der Waals surface area contributed by atoms with Crippen LogP contribution >= 0.6 is 11.8 Å². The largest absolute Gasteiger partial charge is 0.467 e. The molecule has 174 valence electrons. The molecule has 0 spiro atoms. The number of hydrogen-bond acceptors (Lipinski definition) is 6. The second-order valence-corrected chi connectivity index (χ2v) is 9.06. The first-order valence-corrected chi connectivity index (χ1v) is 11.5. The van der Waals surface area contributed by atoms with Crippen molar-refractivity contribution in [1.29, 1.82) is 0 Å². The number of amides is 1. The number of nitrogens with zero attached hydrogens (tertiary/aromatic N) is 2. The Kier molecular flexibility index (Phi) is 7.03. The van der Waals surface area contributed by atoms with Gasteiger partial charge in [-0.2, -0.15) is 0 Å². The Hall–Kier alpha value is -3.98. The van der Waals surface area contributed by atoms with Gasteiger partial charge in [-0.15, -0.1) is 11.8 Å². The quantitative estimate of drug-likeness (QED) is 0.377. The number of H-pyrrole nitrogens is 1. The van der Waals surface area contributed by atoms with Gasteiger partial charge in [0.15, 0.2) is 5.69 Å². The number of nitrogens with two attached hydrogens (primary N) is 1. The molecule has 1 unspecified atom stereocenters. The number of carbonyl (C=O) groups excluding carboxylic acids is 1. The molecule has 4 aromatic rings. The lowest BCUT2D eigenvalue weighted by atomic mass is 10.2. The Balaban J connectivity index is 1.75. The Morgan fingerprint density at radius 3 is 2.38 bits per heavy atom. The van der Waals surface area contributed by atoms with E-state index in [9.17, 15) is 14.4 Å². The van der Waals surface area contributed by atoms with E-state index in [1.54, 1.807) is 19.1 Å². The molecule has 1 amide bonds. The lowest BCUT2D eigenvalue weighted by Gasteiger charge is -2.26. The maximum Gasteiger partial charge on any atom is 0.330 e. The normalized spacial score (nSPS) is 11.8. The summed E-state index contributed by atoms with van der Waals surface area (Å²) < 4.78 is 6.69. The Bertz CT molecular complexity index is 1370. The van der Waals surface area contributed by atoms with Gasteiger partial charge >= 0.3 is 5.69 Å². The van der Waals surface area contributed by atoms with E-state index in [4.69, 9.17) is 10.2 Å². The number of thioether (sulfide) groups is 1. The van der Waals surface area contributed by atoms with Crippen molar-refractivity contribution in [2.24, 2.45) is 0 Å². The lowest BCUT2D eigenvalue weighted by Crippen LogP contribution is -2.43. The summed E-state index contributed by atoms with van der Waals surface area (Å²) >= 11 is 1.37. The van der Waals surface area contributed by atoms with Crippen LogP contribution in [0.3, 0.4) is 0 Å². The van der Waals surface area contributed by atoms with Gasteiger partial charge in [0, 0.05) is 4.90 Å². The van der Waals surface area contributed by atoms with Gasteiger partial charge in [-0.25, -0.2) is 4.79 Å². The molecule has 3 N–H and O–H groups in total. The summed E-state index contributed by atoms with van der Waals surface area (Å²) in [5.74, 6) is 0.0478. The van der Waals surface area contributed by atoms with E-state index in [0.29, 0.717) is 5.76 Å². The molecule has 1 atom stereocenters. The minimum Gasteiger partial charge on any atom is -0.467 e. The number of aromatic amines is 1. The number of hydrogen-bond donors (Lipinski definition) is 2. The van der Waals surface area contributed by atoms with Gasteiger partial charge < -0.3 is 10.2 Å². The zero-order valence-corrected chi connectivity index (χ0v) is 19.3. The highest BCUT2D eigenvalue weighted by Crippen LogP contribution is 2.28. The van der Waals surface area contributed by atoms with Gasteiger partial charge in [-0.3, -0.25) is 24.0 Å². The molecule has 4 rings (SSSR count). The molecule has 0 aliphatic carbocycles. The summed E-state index contributed by atoms with van der Waals surface area (Å²) in [6.07, 6.45) is 1.49. The smallest absolute Gasteiger partial charge is 0.330 e. The van der Waals surface area contributed by atoms with E-state index in [1.165, 1.54) is 27.5 Å². The second-order valence-electron chi connectivity index (χ2n) is 7.64. The first kappa shape index (κ1) is 23.2.